The Kier molecular flexibility index (Phi) is 11.1. The van der Waals surface area contributed by atoms with Crippen molar-refractivity contribution in [1.82, 2.24) is 9.47 Å². The summed E-state index contributed by atoms with van der Waals surface area (Å²) in [5.74, 6) is -0.985. The van der Waals surface area contributed by atoms with Gasteiger partial charge in [0.2, 0.25) is 0 Å². The molecule has 1 fully saturated rings. The number of hydrogen-bond donors (Lipinski definition) is 0. The molecule has 0 radical (unpaired) electrons. The van der Waals surface area contributed by atoms with Gasteiger partial charge in [-0.25, -0.2) is 4.39 Å². The zero-order chi connectivity index (χ0) is 31.1. The van der Waals surface area contributed by atoms with E-state index in [-0.39, 0.29) is 48.5 Å². The van der Waals surface area contributed by atoms with E-state index >= 15 is 0 Å². The second-order valence-electron chi connectivity index (χ2n) is 12.3. The topological polar surface area (TPSA) is 68.6 Å². The van der Waals surface area contributed by atoms with E-state index in [1.54, 1.807) is 17.6 Å². The molecule has 2 atom stereocenters. The Morgan fingerprint density at radius 3 is 2.35 bits per heavy atom. The summed E-state index contributed by atoms with van der Waals surface area (Å²) in [7, 11) is 0. The average molecular weight is 589 g/mol. The normalized spacial score (nSPS) is 14.8. The second kappa shape index (κ2) is 14.7. The summed E-state index contributed by atoms with van der Waals surface area (Å²) in [6.07, 6.45) is 4.56. The first kappa shape index (κ1) is 32.3. The van der Waals surface area contributed by atoms with E-state index in [2.05, 4.69) is 4.90 Å². The van der Waals surface area contributed by atoms with E-state index in [9.17, 15) is 18.8 Å². The van der Waals surface area contributed by atoms with Gasteiger partial charge in [0, 0.05) is 31.1 Å². The summed E-state index contributed by atoms with van der Waals surface area (Å²) in [4.78, 5) is 42.4. The van der Waals surface area contributed by atoms with Gasteiger partial charge in [0.25, 0.3) is 5.56 Å². The number of pyridine rings is 1. The van der Waals surface area contributed by atoms with Gasteiger partial charge in [-0.05, 0) is 105 Å². The number of ketones is 1. The first-order valence-corrected chi connectivity index (χ1v) is 15.5. The number of ether oxygens (including phenoxy) is 1. The number of likely N-dealkylation sites (tertiary alicyclic amines) is 1. The van der Waals surface area contributed by atoms with Crippen LogP contribution in [0.5, 0.6) is 0 Å². The van der Waals surface area contributed by atoms with E-state index < -0.39 is 12.0 Å². The van der Waals surface area contributed by atoms with Gasteiger partial charge in [-0.3, -0.25) is 14.4 Å². The SMILES string of the molecule is CCOC(=O)C[C@H](CC(=O)C(CC(C)C)n1cc(CCN2CCC2)ccc1=O)c1cccc(-c2c(C)cc(F)cc2C)c1. The van der Waals surface area contributed by atoms with Crippen molar-refractivity contribution >= 4 is 11.8 Å². The minimum absolute atomic E-state index is 0.0452. The van der Waals surface area contributed by atoms with Crippen LogP contribution in [-0.2, 0) is 20.7 Å². The standard InChI is InChI=1S/C36H45FN2O4/c1-6-43-35(42)22-30(28-9-7-10-29(20-28)36-25(4)18-31(37)19-26(36)5)21-33(40)32(17-24(2)3)39-23-27(11-12-34(39)41)13-16-38-14-8-15-38/h7,9-12,18-20,23-24,30,32H,6,8,13-17,21-22H2,1-5H3/t30-,32?/m0/s1. The largest absolute Gasteiger partial charge is 0.466 e. The van der Waals surface area contributed by atoms with Crippen LogP contribution in [0.15, 0.2) is 59.5 Å². The highest BCUT2D eigenvalue weighted by Gasteiger charge is 2.28. The van der Waals surface area contributed by atoms with E-state index in [1.165, 1.54) is 18.6 Å². The molecule has 0 amide bonds. The first-order valence-electron chi connectivity index (χ1n) is 15.5. The fourth-order valence-corrected chi connectivity index (χ4v) is 6.10. The Morgan fingerprint density at radius 1 is 1.00 bits per heavy atom. The Balaban J connectivity index is 1.66. The fraction of sp³-hybridized carbons (Fsp3) is 0.472. The molecule has 1 aliphatic heterocycles. The Labute approximate surface area is 254 Å². The smallest absolute Gasteiger partial charge is 0.306 e. The molecule has 0 bridgehead atoms. The molecule has 1 aliphatic rings. The quantitative estimate of drug-likeness (QED) is 0.194. The minimum atomic E-state index is -0.633. The monoisotopic (exact) mass is 588 g/mol. The van der Waals surface area contributed by atoms with Crippen molar-refractivity contribution in [3.8, 4) is 11.1 Å². The molecule has 2 heterocycles. The molecule has 3 aromatic rings. The molecule has 230 valence electrons. The van der Waals surface area contributed by atoms with Crippen LogP contribution in [0.25, 0.3) is 11.1 Å². The number of halogens is 1. The summed E-state index contributed by atoms with van der Waals surface area (Å²) >= 11 is 0. The van der Waals surface area contributed by atoms with Crippen molar-refractivity contribution in [2.45, 2.75) is 78.7 Å². The third-order valence-electron chi connectivity index (χ3n) is 8.38. The maximum absolute atomic E-state index is 14.1. The van der Waals surface area contributed by atoms with Crippen molar-refractivity contribution in [2.75, 3.05) is 26.2 Å². The number of hydrogen-bond acceptors (Lipinski definition) is 5. The maximum atomic E-state index is 14.1. The first-order chi connectivity index (χ1) is 20.5. The molecule has 1 aromatic heterocycles. The van der Waals surface area contributed by atoms with Crippen LogP contribution in [0.2, 0.25) is 0 Å². The lowest BCUT2D eigenvalue weighted by Crippen LogP contribution is -2.38. The summed E-state index contributed by atoms with van der Waals surface area (Å²) < 4.78 is 20.9. The van der Waals surface area contributed by atoms with Gasteiger partial charge >= 0.3 is 5.97 Å². The summed E-state index contributed by atoms with van der Waals surface area (Å²) in [5, 5.41) is 0. The average Bonchev–Trinajstić information content (AvgIpc) is 2.91. The van der Waals surface area contributed by atoms with Gasteiger partial charge in [-0.1, -0.05) is 44.2 Å². The van der Waals surface area contributed by atoms with Gasteiger partial charge in [0.05, 0.1) is 19.1 Å². The second-order valence-corrected chi connectivity index (χ2v) is 12.3. The molecule has 2 aromatic carbocycles. The molecule has 43 heavy (non-hydrogen) atoms. The van der Waals surface area contributed by atoms with Crippen LogP contribution in [0.3, 0.4) is 0 Å². The van der Waals surface area contributed by atoms with Crippen molar-refractivity contribution in [3.05, 3.63) is 93.2 Å². The fourth-order valence-electron chi connectivity index (χ4n) is 6.10. The number of Topliss-reactive ketones (excluding diaryl/α,β-unsaturated/α-hetero) is 1. The number of nitrogens with zero attached hydrogens (tertiary/aromatic N) is 2. The number of rotatable bonds is 14. The van der Waals surface area contributed by atoms with Gasteiger partial charge in [0.15, 0.2) is 5.78 Å². The molecule has 6 nitrogen and oxygen atoms in total. The van der Waals surface area contributed by atoms with Crippen molar-refractivity contribution < 1.29 is 18.7 Å². The third-order valence-corrected chi connectivity index (χ3v) is 8.38. The Bertz CT molecular complexity index is 1470. The zero-order valence-corrected chi connectivity index (χ0v) is 26.2. The lowest BCUT2D eigenvalue weighted by atomic mass is 9.85. The number of aromatic nitrogens is 1. The maximum Gasteiger partial charge on any atom is 0.306 e. The third kappa shape index (κ3) is 8.50. The molecule has 1 unspecified atom stereocenters. The molecular weight excluding hydrogens is 543 g/mol. The van der Waals surface area contributed by atoms with Crippen LogP contribution in [0, 0.1) is 25.6 Å². The predicted molar refractivity (Wildman–Crippen MR) is 169 cm³/mol. The van der Waals surface area contributed by atoms with Gasteiger partial charge in [-0.2, -0.15) is 0 Å². The Morgan fingerprint density at radius 2 is 1.72 bits per heavy atom. The van der Waals surface area contributed by atoms with E-state index in [0.717, 1.165) is 59.4 Å². The predicted octanol–water partition coefficient (Wildman–Crippen LogP) is 6.80. The summed E-state index contributed by atoms with van der Waals surface area (Å²) in [6.45, 7) is 13.0. The molecule has 1 saturated heterocycles. The molecule has 0 spiro atoms. The van der Waals surface area contributed by atoms with E-state index in [1.807, 2.05) is 64.2 Å². The van der Waals surface area contributed by atoms with E-state index in [4.69, 9.17) is 4.74 Å². The van der Waals surface area contributed by atoms with Gasteiger partial charge in [-0.15, -0.1) is 0 Å². The van der Waals surface area contributed by atoms with Crippen LogP contribution >= 0.6 is 0 Å². The number of aryl methyl sites for hydroxylation is 2. The van der Waals surface area contributed by atoms with Crippen molar-refractivity contribution in [3.63, 3.8) is 0 Å². The lowest BCUT2D eigenvalue weighted by molar-refractivity contribution is -0.143. The van der Waals surface area contributed by atoms with Gasteiger partial charge < -0.3 is 14.2 Å². The van der Waals surface area contributed by atoms with Crippen LogP contribution in [0.1, 0.15) is 80.7 Å². The van der Waals surface area contributed by atoms with Crippen molar-refractivity contribution in [2.24, 2.45) is 5.92 Å². The summed E-state index contributed by atoms with van der Waals surface area (Å²) in [5.41, 5.74) is 5.14. The lowest BCUT2D eigenvalue weighted by Gasteiger charge is -2.30. The molecular formula is C36H45FN2O4. The summed E-state index contributed by atoms with van der Waals surface area (Å²) in [6, 6.07) is 13.6. The van der Waals surface area contributed by atoms with Crippen molar-refractivity contribution in [1.29, 1.82) is 0 Å². The number of carbonyl (C=O) groups is 2. The van der Waals surface area contributed by atoms with E-state index in [0.29, 0.717) is 6.42 Å². The number of benzene rings is 2. The minimum Gasteiger partial charge on any atom is -0.466 e. The Hall–Kier alpha value is -3.58. The molecule has 0 aliphatic carbocycles. The molecule has 0 saturated carbocycles. The molecule has 4 rings (SSSR count). The molecule has 0 N–H and O–H groups in total. The molecule has 7 heteroatoms. The zero-order valence-electron chi connectivity index (χ0n) is 26.2. The number of esters is 1. The van der Waals surface area contributed by atoms with Gasteiger partial charge in [0.1, 0.15) is 5.82 Å². The highest BCUT2D eigenvalue weighted by atomic mass is 19.1. The highest BCUT2D eigenvalue weighted by Crippen LogP contribution is 2.34. The van der Waals surface area contributed by atoms with Crippen LogP contribution < -0.4 is 5.56 Å². The van der Waals surface area contributed by atoms with Crippen LogP contribution in [0.4, 0.5) is 4.39 Å². The van der Waals surface area contributed by atoms with Crippen LogP contribution in [-0.4, -0.2) is 47.5 Å². The number of carbonyl (C=O) groups excluding carboxylic acids is 2. The highest BCUT2D eigenvalue weighted by molar-refractivity contribution is 5.84.